The maximum atomic E-state index is 10.4. The molecule has 0 aliphatic heterocycles. The van der Waals surface area contributed by atoms with E-state index in [0.29, 0.717) is 5.75 Å². The van der Waals surface area contributed by atoms with Gasteiger partial charge in [0.2, 0.25) is 0 Å². The molecule has 2 nitrogen and oxygen atoms in total. The average molecular weight is 266 g/mol. The second kappa shape index (κ2) is 5.04. The van der Waals surface area contributed by atoms with Crippen molar-refractivity contribution in [3.63, 3.8) is 0 Å². The van der Waals surface area contributed by atoms with Gasteiger partial charge in [-0.3, -0.25) is 0 Å². The summed E-state index contributed by atoms with van der Waals surface area (Å²) in [4.78, 5) is 0. The molecule has 0 fully saturated rings. The third-order valence-corrected chi connectivity index (χ3v) is 3.91. The van der Waals surface area contributed by atoms with E-state index in [9.17, 15) is 5.11 Å². The van der Waals surface area contributed by atoms with Crippen LogP contribution in [-0.4, -0.2) is 12.2 Å². The Labute approximate surface area is 119 Å². The predicted octanol–water partition coefficient (Wildman–Crippen LogP) is 3.95. The van der Waals surface area contributed by atoms with Gasteiger partial charge in [-0.2, -0.15) is 0 Å². The second-order valence-electron chi connectivity index (χ2n) is 5.16. The number of phenolic OH excluding ortho intramolecular Hbond substituents is 1. The van der Waals surface area contributed by atoms with Crippen LogP contribution in [0.5, 0.6) is 11.5 Å². The first-order valence-corrected chi connectivity index (χ1v) is 6.83. The fourth-order valence-electron chi connectivity index (χ4n) is 3.05. The number of hydrogen-bond acceptors (Lipinski definition) is 2. The smallest absolute Gasteiger partial charge is 0.125 e. The third-order valence-electron chi connectivity index (χ3n) is 3.91. The number of aryl methyl sites for hydroxylation is 1. The number of aromatic hydroxyl groups is 1. The van der Waals surface area contributed by atoms with Crippen molar-refractivity contribution in [3.8, 4) is 11.5 Å². The van der Waals surface area contributed by atoms with Crippen LogP contribution in [0.4, 0.5) is 0 Å². The molecule has 2 aromatic carbocycles. The van der Waals surface area contributed by atoms with Gasteiger partial charge in [0.1, 0.15) is 11.5 Å². The Morgan fingerprint density at radius 3 is 2.65 bits per heavy atom. The lowest BCUT2D eigenvalue weighted by Crippen LogP contribution is -2.09. The van der Waals surface area contributed by atoms with Gasteiger partial charge >= 0.3 is 0 Å². The standard InChI is InChI=1S/C18H18O2/c1-12-11-16(19)17-14(13-7-4-3-5-8-13)9-6-10-15(17)18(12)20-2/h3-9,11,14,19H,10H2,1-2H3. The second-order valence-corrected chi connectivity index (χ2v) is 5.16. The molecule has 1 unspecified atom stereocenters. The third kappa shape index (κ3) is 1.97. The zero-order valence-electron chi connectivity index (χ0n) is 11.8. The van der Waals surface area contributed by atoms with E-state index in [4.69, 9.17) is 4.74 Å². The molecule has 0 spiro atoms. The Balaban J connectivity index is 2.21. The van der Waals surface area contributed by atoms with Crippen molar-refractivity contribution in [3.05, 3.63) is 70.8 Å². The molecule has 0 heterocycles. The van der Waals surface area contributed by atoms with Gasteiger partial charge in [-0.1, -0.05) is 42.5 Å². The first-order chi connectivity index (χ1) is 9.72. The molecule has 0 radical (unpaired) electrons. The lowest BCUT2D eigenvalue weighted by Gasteiger charge is -2.25. The van der Waals surface area contributed by atoms with E-state index in [2.05, 4.69) is 24.3 Å². The molecule has 0 saturated carbocycles. The van der Waals surface area contributed by atoms with Crippen molar-refractivity contribution >= 4 is 0 Å². The van der Waals surface area contributed by atoms with Crippen molar-refractivity contribution < 1.29 is 9.84 Å². The van der Waals surface area contributed by atoms with Gasteiger partial charge < -0.3 is 9.84 Å². The molecule has 1 aliphatic carbocycles. The van der Waals surface area contributed by atoms with Crippen molar-refractivity contribution in [1.29, 1.82) is 0 Å². The van der Waals surface area contributed by atoms with E-state index in [0.717, 1.165) is 28.9 Å². The number of phenols is 1. The van der Waals surface area contributed by atoms with Crippen LogP contribution in [0.2, 0.25) is 0 Å². The molecule has 1 atom stereocenters. The Bertz CT molecular complexity index is 657. The van der Waals surface area contributed by atoms with Gasteiger partial charge in [0, 0.05) is 17.0 Å². The molecule has 0 saturated heterocycles. The maximum Gasteiger partial charge on any atom is 0.125 e. The summed E-state index contributed by atoms with van der Waals surface area (Å²) >= 11 is 0. The minimum atomic E-state index is 0.0921. The van der Waals surface area contributed by atoms with E-state index in [1.54, 1.807) is 13.2 Å². The van der Waals surface area contributed by atoms with Crippen LogP contribution < -0.4 is 4.74 Å². The highest BCUT2D eigenvalue weighted by Crippen LogP contribution is 2.43. The molecule has 2 heteroatoms. The summed E-state index contributed by atoms with van der Waals surface area (Å²) in [7, 11) is 1.69. The molecule has 102 valence electrons. The van der Waals surface area contributed by atoms with Crippen molar-refractivity contribution in [2.75, 3.05) is 7.11 Å². The van der Waals surface area contributed by atoms with Gasteiger partial charge in [-0.25, -0.2) is 0 Å². The zero-order valence-corrected chi connectivity index (χ0v) is 11.8. The van der Waals surface area contributed by atoms with Gasteiger partial charge in [0.15, 0.2) is 0 Å². The molecule has 1 N–H and O–H groups in total. The summed E-state index contributed by atoms with van der Waals surface area (Å²) in [6.07, 6.45) is 5.12. The summed E-state index contributed by atoms with van der Waals surface area (Å²) in [5.41, 5.74) is 4.24. The minimum absolute atomic E-state index is 0.0921. The van der Waals surface area contributed by atoms with Crippen molar-refractivity contribution in [2.45, 2.75) is 19.3 Å². The Kier molecular flexibility index (Phi) is 3.23. The monoisotopic (exact) mass is 266 g/mol. The normalized spacial score (nSPS) is 16.8. The van der Waals surface area contributed by atoms with Crippen molar-refractivity contribution in [1.82, 2.24) is 0 Å². The zero-order chi connectivity index (χ0) is 14.1. The molecule has 1 aliphatic rings. The van der Waals surface area contributed by atoms with Gasteiger partial charge in [-0.05, 0) is 30.5 Å². The molecule has 0 amide bonds. The SMILES string of the molecule is COc1c(C)cc(O)c2c1CC=CC2c1ccccc1. The summed E-state index contributed by atoms with van der Waals surface area (Å²) in [5.74, 6) is 1.34. The molecule has 2 aromatic rings. The largest absolute Gasteiger partial charge is 0.508 e. The number of benzene rings is 2. The van der Waals surface area contributed by atoms with Crippen LogP contribution in [-0.2, 0) is 6.42 Å². The van der Waals surface area contributed by atoms with Crippen LogP contribution in [0.25, 0.3) is 0 Å². The lowest BCUT2D eigenvalue weighted by atomic mass is 9.81. The predicted molar refractivity (Wildman–Crippen MR) is 80.5 cm³/mol. The fraction of sp³-hybridized carbons (Fsp3) is 0.222. The number of allylic oxidation sites excluding steroid dienone is 2. The minimum Gasteiger partial charge on any atom is -0.508 e. The van der Waals surface area contributed by atoms with Crippen LogP contribution >= 0.6 is 0 Å². The number of methoxy groups -OCH3 is 1. The van der Waals surface area contributed by atoms with Crippen LogP contribution in [0.15, 0.2) is 48.6 Å². The molecular formula is C18H18O2. The number of fused-ring (bicyclic) bond motifs is 1. The Morgan fingerprint density at radius 2 is 1.95 bits per heavy atom. The van der Waals surface area contributed by atoms with Crippen molar-refractivity contribution in [2.24, 2.45) is 0 Å². The van der Waals surface area contributed by atoms with Gasteiger partial charge in [0.25, 0.3) is 0 Å². The number of ether oxygens (including phenoxy) is 1. The van der Waals surface area contributed by atoms with E-state index < -0.39 is 0 Å². The summed E-state index contributed by atoms with van der Waals surface area (Å²) in [6.45, 7) is 1.97. The van der Waals surface area contributed by atoms with E-state index in [1.807, 2.05) is 25.1 Å². The summed E-state index contributed by atoms with van der Waals surface area (Å²) < 4.78 is 5.54. The molecular weight excluding hydrogens is 248 g/mol. The fourth-order valence-corrected chi connectivity index (χ4v) is 3.05. The van der Waals surface area contributed by atoms with Gasteiger partial charge in [-0.15, -0.1) is 0 Å². The Hall–Kier alpha value is -2.22. The van der Waals surface area contributed by atoms with Gasteiger partial charge in [0.05, 0.1) is 7.11 Å². The van der Waals surface area contributed by atoms with E-state index in [1.165, 1.54) is 5.56 Å². The number of rotatable bonds is 2. The van der Waals surface area contributed by atoms with E-state index in [-0.39, 0.29) is 5.92 Å². The molecule has 20 heavy (non-hydrogen) atoms. The van der Waals surface area contributed by atoms with Crippen LogP contribution in [0.3, 0.4) is 0 Å². The van der Waals surface area contributed by atoms with E-state index >= 15 is 0 Å². The summed E-state index contributed by atoms with van der Waals surface area (Å²) in [6, 6.07) is 12.0. The highest BCUT2D eigenvalue weighted by atomic mass is 16.5. The van der Waals surface area contributed by atoms with Crippen LogP contribution in [0.1, 0.15) is 28.2 Å². The lowest BCUT2D eigenvalue weighted by molar-refractivity contribution is 0.402. The quantitative estimate of drug-likeness (QED) is 0.834. The first kappa shape index (κ1) is 12.8. The molecule has 0 aromatic heterocycles. The molecule has 0 bridgehead atoms. The number of hydrogen-bond donors (Lipinski definition) is 1. The Morgan fingerprint density at radius 1 is 1.20 bits per heavy atom. The highest BCUT2D eigenvalue weighted by molar-refractivity contribution is 5.59. The average Bonchev–Trinajstić information content (AvgIpc) is 2.48. The molecule has 3 rings (SSSR count). The highest BCUT2D eigenvalue weighted by Gasteiger charge is 2.25. The topological polar surface area (TPSA) is 29.5 Å². The maximum absolute atomic E-state index is 10.4. The first-order valence-electron chi connectivity index (χ1n) is 6.83. The van der Waals surface area contributed by atoms with Crippen LogP contribution in [0, 0.1) is 6.92 Å². The summed E-state index contributed by atoms with van der Waals surface area (Å²) in [5, 5.41) is 10.4.